The lowest BCUT2D eigenvalue weighted by molar-refractivity contribution is 0.172. The summed E-state index contributed by atoms with van der Waals surface area (Å²) in [5.41, 5.74) is 1.38. The fraction of sp³-hybridized carbons (Fsp3) is 0.318. The first-order valence-electron chi connectivity index (χ1n) is 9.67. The van der Waals surface area contributed by atoms with Gasteiger partial charge in [-0.2, -0.15) is 0 Å². The van der Waals surface area contributed by atoms with Crippen LogP contribution in [0.4, 0.5) is 5.69 Å². The van der Waals surface area contributed by atoms with Crippen molar-refractivity contribution in [3.05, 3.63) is 51.1 Å². The van der Waals surface area contributed by atoms with E-state index in [4.69, 9.17) is 16.0 Å². The maximum Gasteiger partial charge on any atom is 0.197 e. The summed E-state index contributed by atoms with van der Waals surface area (Å²) < 4.78 is 6.11. The van der Waals surface area contributed by atoms with E-state index in [0.717, 1.165) is 18.3 Å². The fourth-order valence-corrected chi connectivity index (χ4v) is 4.50. The second kappa shape index (κ2) is 7.83. The second-order valence-electron chi connectivity index (χ2n) is 7.58. The van der Waals surface area contributed by atoms with Crippen molar-refractivity contribution in [3.8, 4) is 22.8 Å². The van der Waals surface area contributed by atoms with Gasteiger partial charge in [0.2, 0.25) is 0 Å². The molecule has 4 N–H and O–H groups in total. The molecule has 0 saturated carbocycles. The number of hydrogen-bond acceptors (Lipinski definition) is 7. The molecule has 1 saturated heterocycles. The Balaban J connectivity index is 2.01. The van der Waals surface area contributed by atoms with Crippen LogP contribution in [0.15, 0.2) is 39.5 Å². The van der Waals surface area contributed by atoms with Crippen molar-refractivity contribution in [3.63, 3.8) is 0 Å². The normalized spacial score (nSPS) is 19.5. The Labute approximate surface area is 178 Å². The van der Waals surface area contributed by atoms with Crippen molar-refractivity contribution in [2.45, 2.75) is 18.4 Å². The predicted octanol–water partition coefficient (Wildman–Crippen LogP) is 3.35. The molecule has 0 bridgehead atoms. The summed E-state index contributed by atoms with van der Waals surface area (Å²) >= 11 is 6.36. The van der Waals surface area contributed by atoms with Crippen molar-refractivity contribution in [1.29, 1.82) is 0 Å². The summed E-state index contributed by atoms with van der Waals surface area (Å²) in [5, 5.41) is 34.3. The van der Waals surface area contributed by atoms with Crippen LogP contribution in [-0.4, -0.2) is 53.5 Å². The molecule has 158 valence electrons. The number of aromatic hydroxyl groups is 2. The quantitative estimate of drug-likeness (QED) is 0.503. The molecule has 0 spiro atoms. The monoisotopic (exact) mass is 430 g/mol. The topological polar surface area (TPSA) is 106 Å². The van der Waals surface area contributed by atoms with Gasteiger partial charge >= 0.3 is 0 Å². The number of halogens is 1. The molecule has 30 heavy (non-hydrogen) atoms. The first kappa shape index (κ1) is 20.5. The van der Waals surface area contributed by atoms with Crippen molar-refractivity contribution in [1.82, 2.24) is 4.90 Å². The molecule has 0 amide bonds. The first-order chi connectivity index (χ1) is 14.3. The largest absolute Gasteiger partial charge is 0.507 e. The fourth-order valence-electron chi connectivity index (χ4n) is 4.29. The lowest BCUT2D eigenvalue weighted by Crippen LogP contribution is -2.32. The molecular formula is C22H23ClN2O5. The third-order valence-corrected chi connectivity index (χ3v) is 6.23. The van der Waals surface area contributed by atoms with Gasteiger partial charge in [-0.3, -0.25) is 4.79 Å². The molecule has 1 fully saturated rings. The van der Waals surface area contributed by atoms with Gasteiger partial charge in [-0.05, 0) is 38.2 Å². The number of phenolic OH excluding ortho intramolecular Hbond substituents is 2. The minimum atomic E-state index is -0.442. The smallest absolute Gasteiger partial charge is 0.197 e. The summed E-state index contributed by atoms with van der Waals surface area (Å²) in [6.45, 7) is 0.612. The molecule has 7 nitrogen and oxygen atoms in total. The number of nitrogens with zero attached hydrogens (tertiary/aromatic N) is 1. The molecule has 3 aromatic rings. The van der Waals surface area contributed by atoms with E-state index in [9.17, 15) is 20.1 Å². The van der Waals surface area contributed by atoms with Crippen LogP contribution in [0.3, 0.4) is 0 Å². The van der Waals surface area contributed by atoms with Crippen LogP contribution in [-0.2, 0) is 0 Å². The van der Waals surface area contributed by atoms with Gasteiger partial charge in [0.25, 0.3) is 0 Å². The third-order valence-electron chi connectivity index (χ3n) is 5.90. The van der Waals surface area contributed by atoms with Crippen LogP contribution in [0, 0.1) is 0 Å². The zero-order chi connectivity index (χ0) is 21.6. The first-order valence-corrected chi connectivity index (χ1v) is 10.0. The van der Waals surface area contributed by atoms with Gasteiger partial charge in [0.15, 0.2) is 5.43 Å². The summed E-state index contributed by atoms with van der Waals surface area (Å²) in [7, 11) is 3.66. The molecule has 2 atom stereocenters. The summed E-state index contributed by atoms with van der Waals surface area (Å²) in [4.78, 5) is 14.9. The van der Waals surface area contributed by atoms with Gasteiger partial charge in [0.1, 0.15) is 28.2 Å². The van der Waals surface area contributed by atoms with E-state index >= 15 is 0 Å². The van der Waals surface area contributed by atoms with Gasteiger partial charge in [0, 0.05) is 48.0 Å². The number of likely N-dealkylation sites (N-methyl/N-ethyl adjacent to an activating group) is 1. The number of hydrogen-bond donors (Lipinski definition) is 4. The number of aliphatic hydroxyl groups excluding tert-OH is 1. The second-order valence-corrected chi connectivity index (χ2v) is 7.99. The van der Waals surface area contributed by atoms with E-state index in [0.29, 0.717) is 22.6 Å². The Morgan fingerprint density at radius 3 is 2.70 bits per heavy atom. The maximum absolute atomic E-state index is 12.9. The van der Waals surface area contributed by atoms with Gasteiger partial charge in [-0.15, -0.1) is 0 Å². The summed E-state index contributed by atoms with van der Waals surface area (Å²) in [6, 6.07) is 7.46. The number of phenols is 2. The Hall–Kier alpha value is -2.74. The van der Waals surface area contributed by atoms with Gasteiger partial charge in [0.05, 0.1) is 11.6 Å². The highest BCUT2D eigenvalue weighted by Gasteiger charge is 2.36. The van der Waals surface area contributed by atoms with Crippen molar-refractivity contribution >= 4 is 28.3 Å². The minimum Gasteiger partial charge on any atom is -0.507 e. The molecule has 4 rings (SSSR count). The highest BCUT2D eigenvalue weighted by atomic mass is 35.5. The van der Waals surface area contributed by atoms with Gasteiger partial charge in [-0.25, -0.2) is 0 Å². The number of likely N-dealkylation sites (tertiary alicyclic amines) is 1. The zero-order valence-corrected chi connectivity index (χ0v) is 17.4. The van der Waals surface area contributed by atoms with Gasteiger partial charge in [-0.1, -0.05) is 11.6 Å². The minimum absolute atomic E-state index is 0.00122. The molecule has 0 radical (unpaired) electrons. The lowest BCUT2D eigenvalue weighted by Gasteiger charge is -2.24. The van der Waals surface area contributed by atoms with Gasteiger partial charge < -0.3 is 30.0 Å². The molecule has 1 aliphatic heterocycles. The molecule has 2 heterocycles. The lowest BCUT2D eigenvalue weighted by atomic mass is 9.89. The Bertz CT molecular complexity index is 1180. The van der Waals surface area contributed by atoms with Crippen molar-refractivity contribution in [2.75, 3.05) is 32.6 Å². The number of fused-ring (bicyclic) bond motifs is 1. The molecular weight excluding hydrogens is 408 g/mol. The SMILES string of the molecule is CNc1ccc(Cl)c(-c2cc(=O)c3c(O)cc(O)c(C4CCN(C)C4CO)c3o2)c1. The molecule has 2 unspecified atom stereocenters. The highest BCUT2D eigenvalue weighted by molar-refractivity contribution is 6.33. The van der Waals surface area contributed by atoms with Crippen molar-refractivity contribution in [2.24, 2.45) is 0 Å². The molecule has 1 aliphatic rings. The number of benzene rings is 2. The van der Waals surface area contributed by atoms with E-state index in [2.05, 4.69) is 5.32 Å². The standard InChI is InChI=1S/C22H23ClN2O5/c1-24-11-3-4-14(23)13(7-11)19-9-18(29)21-17(28)8-16(27)20(22(21)30-19)12-5-6-25(2)15(12)10-26/h3-4,7-9,12,15,24,26-28H,5-6,10H2,1-2H3. The Morgan fingerprint density at radius 1 is 1.23 bits per heavy atom. The van der Waals surface area contributed by atoms with E-state index in [1.165, 1.54) is 6.07 Å². The van der Waals surface area contributed by atoms with Crippen LogP contribution >= 0.6 is 11.6 Å². The average Bonchev–Trinajstić information content (AvgIpc) is 3.07. The van der Waals surface area contributed by atoms with E-state index in [1.807, 2.05) is 11.9 Å². The molecule has 0 aliphatic carbocycles. The molecule has 2 aromatic carbocycles. The number of rotatable bonds is 4. The Morgan fingerprint density at radius 2 is 2.00 bits per heavy atom. The van der Waals surface area contributed by atoms with E-state index in [-0.39, 0.29) is 46.8 Å². The predicted molar refractivity (Wildman–Crippen MR) is 117 cm³/mol. The average molecular weight is 431 g/mol. The van der Waals surface area contributed by atoms with Crippen LogP contribution in [0.5, 0.6) is 11.5 Å². The van der Waals surface area contributed by atoms with E-state index < -0.39 is 5.43 Å². The third kappa shape index (κ3) is 3.29. The van der Waals surface area contributed by atoms with E-state index in [1.54, 1.807) is 25.2 Å². The van der Waals surface area contributed by atoms with Crippen LogP contribution < -0.4 is 10.7 Å². The maximum atomic E-state index is 12.9. The number of nitrogens with one attached hydrogen (secondary N) is 1. The summed E-state index contributed by atoms with van der Waals surface area (Å²) in [6.07, 6.45) is 0.666. The van der Waals surface area contributed by atoms with Crippen LogP contribution in [0.2, 0.25) is 5.02 Å². The number of anilines is 1. The van der Waals surface area contributed by atoms with Crippen LogP contribution in [0.1, 0.15) is 17.9 Å². The molecule has 8 heteroatoms. The zero-order valence-electron chi connectivity index (χ0n) is 16.6. The molecule has 1 aromatic heterocycles. The summed E-state index contributed by atoms with van der Waals surface area (Å²) in [5.74, 6) is -0.559. The number of aliphatic hydroxyl groups is 1. The van der Waals surface area contributed by atoms with Crippen LogP contribution in [0.25, 0.3) is 22.3 Å². The van der Waals surface area contributed by atoms with Crippen molar-refractivity contribution < 1.29 is 19.7 Å². The Kier molecular flexibility index (Phi) is 5.36. The highest BCUT2D eigenvalue weighted by Crippen LogP contribution is 2.44.